The molecular formula is C15H13BrN2O3. The molecule has 108 valence electrons. The predicted molar refractivity (Wildman–Crippen MR) is 83.5 cm³/mol. The molecule has 6 heteroatoms. The molecule has 0 aliphatic carbocycles. The van der Waals surface area contributed by atoms with Crippen LogP contribution in [0.5, 0.6) is 0 Å². The van der Waals surface area contributed by atoms with Crippen LogP contribution in [0, 0.1) is 0 Å². The number of Topliss-reactive ketones (excluding diaryl/α,β-unsaturated/α-hetero) is 1. The van der Waals surface area contributed by atoms with Crippen LogP contribution in [0.3, 0.4) is 0 Å². The standard InChI is InChI=1S/C15H13BrN2O3/c1-10(19)17-13-5-2-11(3-6-13)14(20)9-18-8-12(16)4-7-15(18)21/h2-8H,9H2,1H3,(H,17,19). The summed E-state index contributed by atoms with van der Waals surface area (Å²) < 4.78 is 2.07. The van der Waals surface area contributed by atoms with Crippen molar-refractivity contribution in [1.29, 1.82) is 0 Å². The number of ketones is 1. The Morgan fingerprint density at radius 2 is 1.81 bits per heavy atom. The van der Waals surface area contributed by atoms with Gasteiger partial charge in [-0.25, -0.2) is 0 Å². The summed E-state index contributed by atoms with van der Waals surface area (Å²) in [5, 5.41) is 2.63. The number of amides is 1. The van der Waals surface area contributed by atoms with E-state index in [0.29, 0.717) is 11.3 Å². The maximum Gasteiger partial charge on any atom is 0.251 e. The molecule has 0 aliphatic heterocycles. The van der Waals surface area contributed by atoms with Crippen LogP contribution in [0.1, 0.15) is 17.3 Å². The van der Waals surface area contributed by atoms with E-state index >= 15 is 0 Å². The van der Waals surface area contributed by atoms with Gasteiger partial charge in [-0.1, -0.05) is 0 Å². The highest BCUT2D eigenvalue weighted by molar-refractivity contribution is 9.10. The third-order valence-electron chi connectivity index (χ3n) is 2.79. The van der Waals surface area contributed by atoms with E-state index in [9.17, 15) is 14.4 Å². The molecule has 0 unspecified atom stereocenters. The molecule has 1 aromatic carbocycles. The molecule has 0 fully saturated rings. The van der Waals surface area contributed by atoms with Crippen molar-refractivity contribution in [3.8, 4) is 0 Å². The lowest BCUT2D eigenvalue weighted by molar-refractivity contribution is -0.114. The number of pyridine rings is 1. The topological polar surface area (TPSA) is 68.2 Å². The summed E-state index contributed by atoms with van der Waals surface area (Å²) in [7, 11) is 0. The molecule has 0 saturated heterocycles. The van der Waals surface area contributed by atoms with Gasteiger partial charge in [-0.3, -0.25) is 14.4 Å². The molecule has 21 heavy (non-hydrogen) atoms. The van der Waals surface area contributed by atoms with E-state index in [4.69, 9.17) is 0 Å². The van der Waals surface area contributed by atoms with E-state index in [2.05, 4.69) is 21.2 Å². The van der Waals surface area contributed by atoms with Crippen molar-refractivity contribution in [2.75, 3.05) is 5.32 Å². The van der Waals surface area contributed by atoms with Crippen LogP contribution < -0.4 is 10.9 Å². The third-order valence-corrected chi connectivity index (χ3v) is 3.26. The van der Waals surface area contributed by atoms with E-state index in [1.54, 1.807) is 36.5 Å². The lowest BCUT2D eigenvalue weighted by Gasteiger charge is -2.06. The lowest BCUT2D eigenvalue weighted by Crippen LogP contribution is -2.23. The Hall–Kier alpha value is -2.21. The maximum atomic E-state index is 12.1. The first kappa shape index (κ1) is 15.2. The second-order valence-corrected chi connectivity index (χ2v) is 5.41. The normalized spacial score (nSPS) is 10.2. The van der Waals surface area contributed by atoms with Crippen LogP contribution in [0.4, 0.5) is 5.69 Å². The molecule has 0 aliphatic rings. The van der Waals surface area contributed by atoms with Gasteiger partial charge in [0, 0.05) is 34.9 Å². The number of anilines is 1. The molecule has 1 heterocycles. The summed E-state index contributed by atoms with van der Waals surface area (Å²) in [5.74, 6) is -0.348. The molecular weight excluding hydrogens is 336 g/mol. The first-order valence-corrected chi connectivity index (χ1v) is 7.02. The average molecular weight is 349 g/mol. The minimum absolute atomic E-state index is 0.0300. The van der Waals surface area contributed by atoms with Crippen molar-refractivity contribution < 1.29 is 9.59 Å². The molecule has 2 aromatic rings. The SMILES string of the molecule is CC(=O)Nc1ccc(C(=O)Cn2cc(Br)ccc2=O)cc1. The zero-order valence-electron chi connectivity index (χ0n) is 11.3. The Kier molecular flexibility index (Phi) is 4.70. The van der Waals surface area contributed by atoms with E-state index in [1.165, 1.54) is 17.6 Å². The van der Waals surface area contributed by atoms with Crippen molar-refractivity contribution in [2.45, 2.75) is 13.5 Å². The number of carbonyl (C=O) groups excluding carboxylic acids is 2. The van der Waals surface area contributed by atoms with Crippen molar-refractivity contribution in [3.05, 3.63) is 63.0 Å². The number of halogens is 1. The van der Waals surface area contributed by atoms with Crippen molar-refractivity contribution >= 4 is 33.3 Å². The molecule has 0 bridgehead atoms. The van der Waals surface area contributed by atoms with Gasteiger partial charge < -0.3 is 9.88 Å². The molecule has 1 aromatic heterocycles. The Morgan fingerprint density at radius 3 is 2.43 bits per heavy atom. The van der Waals surface area contributed by atoms with Crippen LogP contribution >= 0.6 is 15.9 Å². The van der Waals surface area contributed by atoms with Gasteiger partial charge in [0.2, 0.25) is 5.91 Å². The van der Waals surface area contributed by atoms with E-state index in [0.717, 1.165) is 4.47 Å². The summed E-state index contributed by atoms with van der Waals surface area (Å²) in [6.07, 6.45) is 1.58. The largest absolute Gasteiger partial charge is 0.326 e. The smallest absolute Gasteiger partial charge is 0.251 e. The third kappa shape index (κ3) is 4.13. The van der Waals surface area contributed by atoms with E-state index in [1.807, 2.05) is 0 Å². The van der Waals surface area contributed by atoms with Gasteiger partial charge in [0.25, 0.3) is 5.56 Å². The summed E-state index contributed by atoms with van der Waals surface area (Å²) in [4.78, 5) is 34.7. The zero-order chi connectivity index (χ0) is 15.4. The highest BCUT2D eigenvalue weighted by Gasteiger charge is 2.08. The van der Waals surface area contributed by atoms with Gasteiger partial charge in [-0.2, -0.15) is 0 Å². The summed E-state index contributed by atoms with van der Waals surface area (Å²) in [6, 6.07) is 9.58. The minimum atomic E-state index is -0.235. The molecule has 0 atom stereocenters. The Bertz CT molecular complexity index is 735. The fraction of sp³-hybridized carbons (Fsp3) is 0.133. The summed E-state index contributed by atoms with van der Waals surface area (Å²) >= 11 is 3.26. The van der Waals surface area contributed by atoms with E-state index in [-0.39, 0.29) is 23.8 Å². The summed E-state index contributed by atoms with van der Waals surface area (Å²) in [5.41, 5.74) is 0.871. The Labute approximate surface area is 129 Å². The molecule has 1 amide bonds. The van der Waals surface area contributed by atoms with Crippen molar-refractivity contribution in [2.24, 2.45) is 0 Å². The predicted octanol–water partition coefficient (Wildman–Crippen LogP) is 2.45. The Morgan fingerprint density at radius 1 is 1.14 bits per heavy atom. The molecule has 0 spiro atoms. The van der Waals surface area contributed by atoms with Crippen LogP contribution in [0.25, 0.3) is 0 Å². The second-order valence-electron chi connectivity index (χ2n) is 4.50. The first-order valence-electron chi connectivity index (χ1n) is 6.22. The number of hydrogen-bond acceptors (Lipinski definition) is 3. The van der Waals surface area contributed by atoms with Crippen LogP contribution in [0.15, 0.2) is 51.9 Å². The fourth-order valence-electron chi connectivity index (χ4n) is 1.81. The molecule has 5 nitrogen and oxygen atoms in total. The van der Waals surface area contributed by atoms with Crippen LogP contribution in [0.2, 0.25) is 0 Å². The number of nitrogens with one attached hydrogen (secondary N) is 1. The fourth-order valence-corrected chi connectivity index (χ4v) is 2.19. The van der Waals surface area contributed by atoms with Gasteiger partial charge in [0.1, 0.15) is 0 Å². The van der Waals surface area contributed by atoms with Crippen molar-refractivity contribution in [3.63, 3.8) is 0 Å². The first-order chi connectivity index (χ1) is 9.95. The number of carbonyl (C=O) groups is 2. The quantitative estimate of drug-likeness (QED) is 0.863. The van der Waals surface area contributed by atoms with Gasteiger partial charge in [-0.05, 0) is 46.3 Å². The highest BCUT2D eigenvalue weighted by Crippen LogP contribution is 2.11. The molecule has 0 radical (unpaired) electrons. The monoisotopic (exact) mass is 348 g/mol. The number of rotatable bonds is 4. The van der Waals surface area contributed by atoms with Gasteiger partial charge in [0.05, 0.1) is 6.54 Å². The van der Waals surface area contributed by atoms with Gasteiger partial charge in [0.15, 0.2) is 5.78 Å². The lowest BCUT2D eigenvalue weighted by atomic mass is 10.1. The number of aromatic nitrogens is 1. The molecule has 1 N–H and O–H groups in total. The second kappa shape index (κ2) is 6.49. The number of benzene rings is 1. The summed E-state index contributed by atoms with van der Waals surface area (Å²) in [6.45, 7) is 1.39. The van der Waals surface area contributed by atoms with Gasteiger partial charge >= 0.3 is 0 Å². The molecule has 0 saturated carbocycles. The average Bonchev–Trinajstić information content (AvgIpc) is 2.43. The molecule has 2 rings (SSSR count). The van der Waals surface area contributed by atoms with Crippen LogP contribution in [-0.2, 0) is 11.3 Å². The minimum Gasteiger partial charge on any atom is -0.326 e. The van der Waals surface area contributed by atoms with Gasteiger partial charge in [-0.15, -0.1) is 0 Å². The van der Waals surface area contributed by atoms with Crippen molar-refractivity contribution in [1.82, 2.24) is 4.57 Å². The maximum absolute atomic E-state index is 12.1. The van der Waals surface area contributed by atoms with Crippen LogP contribution in [-0.4, -0.2) is 16.3 Å². The zero-order valence-corrected chi connectivity index (χ0v) is 12.9. The number of nitrogens with zero attached hydrogens (tertiary/aromatic N) is 1. The van der Waals surface area contributed by atoms with E-state index < -0.39 is 0 Å². The highest BCUT2D eigenvalue weighted by atomic mass is 79.9. The number of hydrogen-bond donors (Lipinski definition) is 1. The Balaban J connectivity index is 2.15.